The summed E-state index contributed by atoms with van der Waals surface area (Å²) in [5.74, 6) is -3.89. The summed E-state index contributed by atoms with van der Waals surface area (Å²) in [4.78, 5) is 69.9. The maximum atomic E-state index is 12.7. The molecule has 0 radical (unpaired) electrons. The van der Waals surface area contributed by atoms with Crippen molar-refractivity contribution in [1.82, 2.24) is 10.6 Å². The second kappa shape index (κ2) is 14.1. The quantitative estimate of drug-likeness (QED) is 0.165. The van der Waals surface area contributed by atoms with Crippen molar-refractivity contribution in [1.29, 1.82) is 0 Å². The van der Waals surface area contributed by atoms with E-state index in [4.69, 9.17) is 14.6 Å². The Morgan fingerprint density at radius 1 is 1.03 bits per heavy atom. The molecule has 0 saturated carbocycles. The van der Waals surface area contributed by atoms with Crippen molar-refractivity contribution in [2.45, 2.75) is 64.8 Å². The summed E-state index contributed by atoms with van der Waals surface area (Å²) in [5.41, 5.74) is -0.666. The van der Waals surface area contributed by atoms with Gasteiger partial charge in [0.1, 0.15) is 11.9 Å². The third-order valence-electron chi connectivity index (χ3n) is 5.06. The molecule has 0 bridgehead atoms. The van der Waals surface area contributed by atoms with Gasteiger partial charge in [-0.2, -0.15) is 0 Å². The maximum absolute atomic E-state index is 12.7. The van der Waals surface area contributed by atoms with Crippen LogP contribution in [0.2, 0.25) is 0 Å². The van der Waals surface area contributed by atoms with Gasteiger partial charge in [-0.05, 0) is 6.92 Å². The number of thioether (sulfide) groups is 1. The van der Waals surface area contributed by atoms with Crippen LogP contribution < -0.4 is 10.6 Å². The van der Waals surface area contributed by atoms with Gasteiger partial charge in [-0.25, -0.2) is 0 Å². The third-order valence-corrected chi connectivity index (χ3v) is 5.93. The lowest BCUT2D eigenvalue weighted by atomic mass is 9.85. The van der Waals surface area contributed by atoms with E-state index in [1.54, 1.807) is 20.8 Å². The van der Waals surface area contributed by atoms with Crippen LogP contribution in [0.5, 0.6) is 0 Å². The minimum atomic E-state index is -1.31. The second-order valence-corrected chi connectivity index (χ2v) is 10.0. The number of hydrogen-bond donors (Lipinski definition) is 3. The summed E-state index contributed by atoms with van der Waals surface area (Å²) in [5, 5.41) is 13.4. The van der Waals surface area contributed by atoms with Crippen LogP contribution in [0.15, 0.2) is 0 Å². The summed E-state index contributed by atoms with van der Waals surface area (Å²) in [6, 6.07) is 0. The summed E-state index contributed by atoms with van der Waals surface area (Å²) in [6.07, 6.45) is -1.93. The van der Waals surface area contributed by atoms with E-state index >= 15 is 0 Å². The highest BCUT2D eigenvalue weighted by molar-refractivity contribution is 8.13. The molecule has 1 saturated heterocycles. The Hall–Kier alpha value is -2.51. The van der Waals surface area contributed by atoms with Gasteiger partial charge < -0.3 is 30.0 Å². The summed E-state index contributed by atoms with van der Waals surface area (Å²) >= 11 is 0.881. The zero-order chi connectivity index (χ0) is 26.6. The highest BCUT2D eigenvalue weighted by Crippen LogP contribution is 2.36. The number of rotatable bonds is 14. The molecule has 0 aromatic heterocycles. The van der Waals surface area contributed by atoms with E-state index in [1.165, 1.54) is 7.11 Å². The largest absolute Gasteiger partial charge is 0.481 e. The van der Waals surface area contributed by atoms with E-state index in [0.29, 0.717) is 0 Å². The van der Waals surface area contributed by atoms with Crippen molar-refractivity contribution in [2.75, 3.05) is 32.6 Å². The minimum Gasteiger partial charge on any atom is -0.481 e. The first-order valence-corrected chi connectivity index (χ1v) is 12.1. The lowest BCUT2D eigenvalue weighted by Gasteiger charge is -2.45. The smallest absolute Gasteiger partial charge is 0.310 e. The zero-order valence-electron chi connectivity index (χ0n) is 20.5. The van der Waals surface area contributed by atoms with E-state index in [-0.39, 0.29) is 68.6 Å². The van der Waals surface area contributed by atoms with Crippen molar-refractivity contribution >= 4 is 46.4 Å². The molecule has 198 valence electrons. The fourth-order valence-electron chi connectivity index (χ4n) is 3.08. The van der Waals surface area contributed by atoms with Gasteiger partial charge in [0, 0.05) is 37.1 Å². The van der Waals surface area contributed by atoms with Crippen molar-refractivity contribution in [3.63, 3.8) is 0 Å². The molecule has 1 fully saturated rings. The van der Waals surface area contributed by atoms with Crippen molar-refractivity contribution in [3.05, 3.63) is 0 Å². The minimum absolute atomic E-state index is 0.00110. The van der Waals surface area contributed by atoms with Gasteiger partial charge in [-0.3, -0.25) is 28.8 Å². The fraction of sp³-hybridized carbons (Fsp3) is 0.727. The number of amides is 2. The highest BCUT2D eigenvalue weighted by atomic mass is 32.2. The molecule has 1 unspecified atom stereocenters. The molecular weight excluding hydrogens is 484 g/mol. The molecule has 1 rings (SSSR count). The van der Waals surface area contributed by atoms with Crippen LogP contribution in [0.25, 0.3) is 0 Å². The van der Waals surface area contributed by atoms with Crippen LogP contribution in [0, 0.1) is 5.41 Å². The Labute approximate surface area is 208 Å². The average Bonchev–Trinajstić information content (AvgIpc) is 2.77. The normalized spacial score (nSPS) is 21.0. The molecule has 3 N–H and O–H groups in total. The van der Waals surface area contributed by atoms with E-state index in [0.717, 1.165) is 11.8 Å². The van der Waals surface area contributed by atoms with E-state index < -0.39 is 40.9 Å². The first-order valence-electron chi connectivity index (χ1n) is 11.1. The number of esters is 1. The standard InChI is InChI=1S/C22H34N2O10S/c1-21(2)13-33-22(3,12-17(29)32-4)34-19(21)20(31)24-8-7-15(26)23-9-10-35-18(30)11-14(25)5-6-16(27)28/h19H,5-13H2,1-4H3,(H,23,26)(H,24,31)(H,27,28)/t19-,22?/m0/s1. The number of carbonyl (C=O) groups excluding carboxylic acids is 5. The monoisotopic (exact) mass is 518 g/mol. The van der Waals surface area contributed by atoms with Gasteiger partial charge in [-0.15, -0.1) is 0 Å². The number of carbonyl (C=O) groups is 6. The number of hydrogen-bond acceptors (Lipinski definition) is 10. The fourth-order valence-corrected chi connectivity index (χ4v) is 3.77. The zero-order valence-corrected chi connectivity index (χ0v) is 21.3. The van der Waals surface area contributed by atoms with Crippen LogP contribution in [0.3, 0.4) is 0 Å². The molecule has 2 atom stereocenters. The third kappa shape index (κ3) is 11.6. The van der Waals surface area contributed by atoms with Crippen LogP contribution in [0.4, 0.5) is 0 Å². The number of nitrogens with one attached hydrogen (secondary N) is 2. The predicted molar refractivity (Wildman–Crippen MR) is 124 cm³/mol. The molecule has 0 aliphatic carbocycles. The summed E-state index contributed by atoms with van der Waals surface area (Å²) in [6.45, 7) is 5.57. The Morgan fingerprint density at radius 3 is 2.34 bits per heavy atom. The molecule has 0 aromatic carbocycles. The lowest BCUT2D eigenvalue weighted by molar-refractivity contribution is -0.313. The molecule has 1 aliphatic heterocycles. The van der Waals surface area contributed by atoms with Crippen molar-refractivity contribution in [2.24, 2.45) is 5.41 Å². The van der Waals surface area contributed by atoms with Gasteiger partial charge in [0.15, 0.2) is 10.9 Å². The number of aliphatic carboxylic acids is 1. The van der Waals surface area contributed by atoms with Crippen LogP contribution in [-0.4, -0.2) is 84.2 Å². The average molecular weight is 519 g/mol. The number of Topliss-reactive ketones (excluding diaryl/α,β-unsaturated/α-hetero) is 1. The number of ketones is 1. The molecule has 0 spiro atoms. The van der Waals surface area contributed by atoms with Crippen molar-refractivity contribution < 1.29 is 48.1 Å². The Morgan fingerprint density at radius 2 is 1.71 bits per heavy atom. The molecule has 2 amide bonds. The Bertz CT molecular complexity index is 816. The van der Waals surface area contributed by atoms with E-state index in [1.807, 2.05) is 0 Å². The molecule has 0 aromatic rings. The maximum Gasteiger partial charge on any atom is 0.310 e. The Balaban J connectivity index is 2.33. The number of carboxylic acids is 1. The number of carboxylic acid groups (broad SMARTS) is 1. The van der Waals surface area contributed by atoms with E-state index in [9.17, 15) is 28.8 Å². The first kappa shape index (κ1) is 30.5. The first-order chi connectivity index (χ1) is 16.3. The van der Waals surface area contributed by atoms with Crippen LogP contribution >= 0.6 is 11.8 Å². The molecule has 13 heteroatoms. The molecule has 1 aliphatic rings. The topological polar surface area (TPSA) is 174 Å². The van der Waals surface area contributed by atoms with Crippen LogP contribution in [-0.2, 0) is 43.0 Å². The van der Waals surface area contributed by atoms with Crippen molar-refractivity contribution in [3.8, 4) is 0 Å². The van der Waals surface area contributed by atoms with Gasteiger partial charge in [0.05, 0.1) is 33.0 Å². The highest BCUT2D eigenvalue weighted by Gasteiger charge is 2.48. The number of methoxy groups -OCH3 is 1. The summed E-state index contributed by atoms with van der Waals surface area (Å²) < 4.78 is 16.1. The van der Waals surface area contributed by atoms with Gasteiger partial charge in [0.2, 0.25) is 11.8 Å². The van der Waals surface area contributed by atoms with Gasteiger partial charge in [0.25, 0.3) is 0 Å². The molecule has 35 heavy (non-hydrogen) atoms. The van der Waals surface area contributed by atoms with Gasteiger partial charge >= 0.3 is 11.9 Å². The van der Waals surface area contributed by atoms with Crippen LogP contribution in [0.1, 0.15) is 52.9 Å². The predicted octanol–water partition coefficient (Wildman–Crippen LogP) is 0.414. The lowest BCUT2D eigenvalue weighted by Crippen LogP contribution is -2.58. The molecule has 1 heterocycles. The molecule has 12 nitrogen and oxygen atoms in total. The SMILES string of the molecule is COC(=O)CC1(C)OCC(C)(C)[C@H](C(=O)NCCC(=O)NCCSC(=O)CC(=O)CCC(=O)O)O1. The van der Waals surface area contributed by atoms with Gasteiger partial charge in [-0.1, -0.05) is 25.6 Å². The van der Waals surface area contributed by atoms with E-state index in [2.05, 4.69) is 15.4 Å². The summed E-state index contributed by atoms with van der Waals surface area (Å²) in [7, 11) is 1.25. The number of ether oxygens (including phenoxy) is 3. The second-order valence-electron chi connectivity index (χ2n) is 8.88. The molecular formula is C22H34N2O10S. The Kier molecular flexibility index (Phi) is 12.3.